The third kappa shape index (κ3) is 3.81. The van der Waals surface area contributed by atoms with Crippen molar-refractivity contribution in [2.75, 3.05) is 14.1 Å². The Morgan fingerprint density at radius 2 is 1.72 bits per heavy atom. The van der Waals surface area contributed by atoms with E-state index in [0.717, 1.165) is 26.1 Å². The first kappa shape index (κ1) is 19.8. The second-order valence-corrected chi connectivity index (χ2v) is 8.38. The maximum atomic E-state index is 12.1. The fraction of sp³-hybridized carbons (Fsp3) is 0.0870. The monoisotopic (exact) mass is 442 g/mol. The van der Waals surface area contributed by atoms with E-state index in [1.165, 1.54) is 11.3 Å². The zero-order chi connectivity index (χ0) is 22.1. The van der Waals surface area contributed by atoms with Crippen molar-refractivity contribution in [1.82, 2.24) is 30.5 Å². The summed E-state index contributed by atoms with van der Waals surface area (Å²) in [6, 6.07) is 17.4. The van der Waals surface area contributed by atoms with Crippen LogP contribution in [0.2, 0.25) is 0 Å². The van der Waals surface area contributed by atoms with Crippen molar-refractivity contribution in [2.45, 2.75) is 0 Å². The summed E-state index contributed by atoms with van der Waals surface area (Å²) in [5.41, 5.74) is 2.72. The van der Waals surface area contributed by atoms with Gasteiger partial charge in [-0.15, -0.1) is 21.5 Å². The molecule has 2 aromatic carbocycles. The highest BCUT2D eigenvalue weighted by Crippen LogP contribution is 2.37. The van der Waals surface area contributed by atoms with Crippen LogP contribution in [0.4, 0.5) is 0 Å². The van der Waals surface area contributed by atoms with Crippen molar-refractivity contribution in [3.63, 3.8) is 0 Å². The summed E-state index contributed by atoms with van der Waals surface area (Å²) in [4.78, 5) is 18.8. The highest BCUT2D eigenvalue weighted by molar-refractivity contribution is 7.22. The van der Waals surface area contributed by atoms with Gasteiger partial charge in [-0.1, -0.05) is 24.3 Å². The Hall–Kier alpha value is -4.11. The van der Waals surface area contributed by atoms with Gasteiger partial charge >= 0.3 is 0 Å². The largest absolute Gasteiger partial charge is 0.455 e. The normalized spacial score (nSPS) is 10.9. The number of aromatic nitrogens is 5. The Bertz CT molecular complexity index is 1380. The Kier molecular flexibility index (Phi) is 5.08. The summed E-state index contributed by atoms with van der Waals surface area (Å²) in [5.74, 6) is 1.89. The number of H-pyrrole nitrogens is 1. The first-order valence-corrected chi connectivity index (χ1v) is 10.6. The van der Waals surface area contributed by atoms with Gasteiger partial charge in [-0.05, 0) is 46.7 Å². The number of nitrogens with one attached hydrogen (secondary N) is 1. The Morgan fingerprint density at radius 1 is 1.00 bits per heavy atom. The van der Waals surface area contributed by atoms with E-state index < -0.39 is 0 Å². The van der Waals surface area contributed by atoms with E-state index in [-0.39, 0.29) is 5.91 Å². The number of pyridine rings is 1. The van der Waals surface area contributed by atoms with E-state index in [9.17, 15) is 4.79 Å². The minimum absolute atomic E-state index is 0.0148. The molecule has 0 saturated carbocycles. The fourth-order valence-corrected chi connectivity index (χ4v) is 4.27. The third-order valence-electron chi connectivity index (χ3n) is 4.93. The van der Waals surface area contributed by atoms with Gasteiger partial charge < -0.3 is 9.64 Å². The van der Waals surface area contributed by atoms with Gasteiger partial charge in [0, 0.05) is 31.2 Å². The van der Waals surface area contributed by atoms with Crippen LogP contribution in [0.1, 0.15) is 10.4 Å². The molecule has 0 aliphatic carbocycles. The number of carbonyl (C=O) groups excluding carboxylic acids is 1. The lowest BCUT2D eigenvalue weighted by atomic mass is 10.0. The number of nitrogens with zero attached hydrogens (tertiary/aromatic N) is 5. The van der Waals surface area contributed by atoms with Gasteiger partial charge in [-0.25, -0.2) is 0 Å². The molecular formula is C23H18N6O2S. The standard InChI is InChI=1S/C23H18N6O2S/c1-29(2)23(30)16-5-3-14(4-6-16)15-7-9-17(10-8-15)31-19-12-24-13-21-18(19)11-20(32-21)22-25-27-28-26-22/h3-13H,1-2H3,(H,25,26,27,28). The van der Waals surface area contributed by atoms with Crippen molar-refractivity contribution in [1.29, 1.82) is 0 Å². The molecule has 0 atom stereocenters. The molecule has 1 amide bonds. The average molecular weight is 443 g/mol. The number of carbonyl (C=O) groups is 1. The Morgan fingerprint density at radius 3 is 2.38 bits per heavy atom. The van der Waals surface area contributed by atoms with E-state index in [4.69, 9.17) is 4.74 Å². The number of benzene rings is 2. The first-order chi connectivity index (χ1) is 15.6. The van der Waals surface area contributed by atoms with Gasteiger partial charge in [0.15, 0.2) is 5.75 Å². The molecule has 8 nitrogen and oxygen atoms in total. The third-order valence-corrected chi connectivity index (χ3v) is 5.99. The van der Waals surface area contributed by atoms with Crippen LogP contribution >= 0.6 is 11.3 Å². The highest BCUT2D eigenvalue weighted by Gasteiger charge is 2.13. The van der Waals surface area contributed by atoms with Crippen LogP contribution in [0.15, 0.2) is 67.0 Å². The summed E-state index contributed by atoms with van der Waals surface area (Å²) in [7, 11) is 3.49. The van der Waals surface area contributed by atoms with Gasteiger partial charge in [0.1, 0.15) is 5.75 Å². The summed E-state index contributed by atoms with van der Waals surface area (Å²) >= 11 is 1.53. The second-order valence-electron chi connectivity index (χ2n) is 7.30. The van der Waals surface area contributed by atoms with E-state index in [1.54, 1.807) is 31.4 Å². The summed E-state index contributed by atoms with van der Waals surface area (Å²) in [6.45, 7) is 0. The number of ether oxygens (including phenoxy) is 1. The van der Waals surface area contributed by atoms with Crippen LogP contribution in [-0.2, 0) is 0 Å². The van der Waals surface area contributed by atoms with Gasteiger partial charge in [-0.2, -0.15) is 5.21 Å². The van der Waals surface area contributed by atoms with Crippen LogP contribution in [0, 0.1) is 0 Å². The maximum absolute atomic E-state index is 12.1. The molecule has 0 aliphatic heterocycles. The van der Waals surface area contributed by atoms with Crippen molar-refractivity contribution >= 4 is 27.3 Å². The number of thiophene rings is 1. The number of hydrogen-bond donors (Lipinski definition) is 1. The van der Waals surface area contributed by atoms with Crippen molar-refractivity contribution in [2.24, 2.45) is 0 Å². The number of rotatable bonds is 5. The second kappa shape index (κ2) is 8.20. The first-order valence-electron chi connectivity index (χ1n) is 9.80. The van der Waals surface area contributed by atoms with Crippen LogP contribution in [0.25, 0.3) is 31.9 Å². The van der Waals surface area contributed by atoms with Crippen LogP contribution < -0.4 is 4.74 Å². The van der Waals surface area contributed by atoms with Crippen molar-refractivity contribution in [3.05, 3.63) is 72.6 Å². The smallest absolute Gasteiger partial charge is 0.253 e. The number of aromatic amines is 1. The predicted molar refractivity (Wildman–Crippen MR) is 123 cm³/mol. The Labute approximate surface area is 187 Å². The molecule has 0 unspecified atom stereocenters. The van der Waals surface area contributed by atoms with Gasteiger partial charge in [0.25, 0.3) is 5.91 Å². The lowest BCUT2D eigenvalue weighted by Gasteiger charge is -2.11. The topological polar surface area (TPSA) is 96.9 Å². The Balaban J connectivity index is 1.37. The number of amides is 1. The van der Waals surface area contributed by atoms with Crippen LogP contribution in [-0.4, -0.2) is 50.5 Å². The van der Waals surface area contributed by atoms with Crippen LogP contribution in [0.3, 0.4) is 0 Å². The molecule has 0 fully saturated rings. The lowest BCUT2D eigenvalue weighted by molar-refractivity contribution is 0.0827. The van der Waals surface area contributed by atoms with E-state index >= 15 is 0 Å². The molecule has 158 valence electrons. The minimum Gasteiger partial charge on any atom is -0.455 e. The molecular weight excluding hydrogens is 424 g/mol. The summed E-state index contributed by atoms with van der Waals surface area (Å²) in [5, 5.41) is 15.1. The van der Waals surface area contributed by atoms with E-state index in [1.807, 2.05) is 54.6 Å². The zero-order valence-electron chi connectivity index (χ0n) is 17.3. The molecule has 0 radical (unpaired) electrons. The minimum atomic E-state index is -0.0148. The van der Waals surface area contributed by atoms with Gasteiger partial charge in [0.2, 0.25) is 5.82 Å². The zero-order valence-corrected chi connectivity index (χ0v) is 18.1. The number of fused-ring (bicyclic) bond motifs is 1. The molecule has 9 heteroatoms. The van der Waals surface area contributed by atoms with Crippen molar-refractivity contribution in [3.8, 4) is 33.3 Å². The van der Waals surface area contributed by atoms with E-state index in [0.29, 0.717) is 22.9 Å². The summed E-state index contributed by atoms with van der Waals surface area (Å²) < 4.78 is 7.10. The molecule has 0 aliphatic rings. The molecule has 3 heterocycles. The molecule has 0 spiro atoms. The highest BCUT2D eigenvalue weighted by atomic mass is 32.1. The number of hydrogen-bond acceptors (Lipinski definition) is 7. The van der Waals surface area contributed by atoms with E-state index in [2.05, 4.69) is 25.6 Å². The molecule has 3 aromatic heterocycles. The van der Waals surface area contributed by atoms with Crippen molar-refractivity contribution < 1.29 is 9.53 Å². The van der Waals surface area contributed by atoms with Gasteiger partial charge in [-0.3, -0.25) is 9.78 Å². The molecule has 0 saturated heterocycles. The predicted octanol–water partition coefficient (Wildman–Crippen LogP) is 4.64. The fourth-order valence-electron chi connectivity index (χ4n) is 3.30. The molecule has 0 bridgehead atoms. The lowest BCUT2D eigenvalue weighted by Crippen LogP contribution is -2.21. The maximum Gasteiger partial charge on any atom is 0.253 e. The molecule has 5 aromatic rings. The molecule has 32 heavy (non-hydrogen) atoms. The molecule has 1 N–H and O–H groups in total. The SMILES string of the molecule is CN(C)C(=O)c1ccc(-c2ccc(Oc3cncc4sc(-c5nn[nH]n5)cc34)cc2)cc1. The van der Waals surface area contributed by atoms with Gasteiger partial charge in [0.05, 0.1) is 15.8 Å². The summed E-state index contributed by atoms with van der Waals surface area (Å²) in [6.07, 6.45) is 3.49. The number of tetrazole rings is 1. The average Bonchev–Trinajstić information content (AvgIpc) is 3.50. The quantitative estimate of drug-likeness (QED) is 0.426. The van der Waals surface area contributed by atoms with Crippen LogP contribution in [0.5, 0.6) is 11.5 Å². The molecule has 5 rings (SSSR count).